The molecule has 0 radical (unpaired) electrons. The number of carbonyl (C=O) groups is 1. The van der Waals surface area contributed by atoms with Gasteiger partial charge in [-0.3, -0.25) is 4.79 Å². The Labute approximate surface area is 190 Å². The quantitative estimate of drug-likeness (QED) is 0.648. The third-order valence-corrected chi connectivity index (χ3v) is 9.67. The number of amides is 1. The van der Waals surface area contributed by atoms with E-state index in [1.807, 2.05) is 0 Å². The van der Waals surface area contributed by atoms with Crippen LogP contribution in [0, 0.1) is 30.4 Å². The van der Waals surface area contributed by atoms with Crippen molar-refractivity contribution in [2.75, 3.05) is 5.32 Å². The molecule has 2 saturated carbocycles. The number of nitrogens with one attached hydrogen (secondary N) is 1. The Morgan fingerprint density at radius 1 is 1.16 bits per heavy atom. The van der Waals surface area contributed by atoms with Crippen molar-refractivity contribution in [2.24, 2.45) is 11.8 Å². The molecule has 0 heterocycles. The van der Waals surface area contributed by atoms with Crippen LogP contribution >= 0.6 is 11.6 Å². The van der Waals surface area contributed by atoms with Gasteiger partial charge in [-0.15, -0.1) is 0 Å². The molecule has 3 unspecified atom stereocenters. The molecule has 1 amide bonds. The normalized spacial score (nSPS) is 27.4. The molecule has 0 saturated heterocycles. The van der Waals surface area contributed by atoms with Gasteiger partial charge < -0.3 is 10.4 Å². The number of aryl methyl sites for hydroxylation is 1. The van der Waals surface area contributed by atoms with E-state index in [0.717, 1.165) is 18.9 Å². The smallest absolute Gasteiger partial charge is 0.255 e. The first-order valence-corrected chi connectivity index (χ1v) is 12.4. The first-order chi connectivity index (χ1) is 14.9. The summed E-state index contributed by atoms with van der Waals surface area (Å²) in [5, 5.41) is 12.5. The Bertz CT molecular complexity index is 1160. The molecular weight excluding hydrogens is 460 g/mol. The van der Waals surface area contributed by atoms with Crippen molar-refractivity contribution in [1.29, 1.82) is 0 Å². The second-order valence-electron chi connectivity index (χ2n) is 9.02. The fourth-order valence-electron chi connectivity index (χ4n) is 5.06. The maximum atomic E-state index is 13.7. The van der Waals surface area contributed by atoms with E-state index in [4.69, 9.17) is 11.6 Å². The molecule has 172 valence electrons. The second kappa shape index (κ2) is 8.08. The molecule has 2 aromatic carbocycles. The standard InChI is InChI=1S/C23H24ClF2NO4S/c1-12-7-16(11-19(25)21(12)26)27-22(28)13-3-6-18(24)20(8-13)32(30,31)17-9-14-4-5-15(10-17)23(14,2)29/h3,6-8,11,14-15,17,29H,4-5,9-10H2,1-2H3,(H,27,28)/t14-,15?,17?,23?/m0/s1. The predicted octanol–water partition coefficient (Wildman–Crippen LogP) is 4.89. The lowest BCUT2D eigenvalue weighted by atomic mass is 9.76. The molecule has 0 spiro atoms. The van der Waals surface area contributed by atoms with Crippen LogP contribution in [0.2, 0.25) is 5.02 Å². The molecule has 4 atom stereocenters. The summed E-state index contributed by atoms with van der Waals surface area (Å²) in [5.74, 6) is -2.95. The van der Waals surface area contributed by atoms with Crippen LogP contribution in [-0.2, 0) is 9.84 Å². The van der Waals surface area contributed by atoms with Crippen LogP contribution in [0.1, 0.15) is 48.5 Å². The number of hydrogen-bond acceptors (Lipinski definition) is 4. The minimum absolute atomic E-state index is 0.00917. The molecule has 2 bridgehead atoms. The van der Waals surface area contributed by atoms with Gasteiger partial charge in [0.2, 0.25) is 0 Å². The molecule has 2 N–H and O–H groups in total. The average molecular weight is 484 g/mol. The monoisotopic (exact) mass is 483 g/mol. The summed E-state index contributed by atoms with van der Waals surface area (Å²) in [7, 11) is -3.85. The summed E-state index contributed by atoms with van der Waals surface area (Å²) < 4.78 is 54.0. The van der Waals surface area contributed by atoms with E-state index in [1.165, 1.54) is 31.2 Å². The van der Waals surface area contributed by atoms with Gasteiger partial charge in [-0.1, -0.05) is 11.6 Å². The molecule has 2 aromatic rings. The van der Waals surface area contributed by atoms with Crippen LogP contribution < -0.4 is 5.32 Å². The van der Waals surface area contributed by atoms with Gasteiger partial charge in [0, 0.05) is 17.3 Å². The highest BCUT2D eigenvalue weighted by Gasteiger charge is 2.53. The van der Waals surface area contributed by atoms with E-state index < -0.39 is 38.2 Å². The Kier molecular flexibility index (Phi) is 5.84. The van der Waals surface area contributed by atoms with Crippen molar-refractivity contribution in [1.82, 2.24) is 0 Å². The molecule has 2 fully saturated rings. The van der Waals surface area contributed by atoms with Crippen LogP contribution in [-0.4, -0.2) is 30.3 Å². The second-order valence-corrected chi connectivity index (χ2v) is 11.6. The highest BCUT2D eigenvalue weighted by molar-refractivity contribution is 7.92. The summed E-state index contributed by atoms with van der Waals surface area (Å²) in [4.78, 5) is 12.5. The maximum absolute atomic E-state index is 13.7. The Hall–Kier alpha value is -2.03. The van der Waals surface area contributed by atoms with E-state index in [-0.39, 0.29) is 38.6 Å². The zero-order valence-electron chi connectivity index (χ0n) is 17.7. The van der Waals surface area contributed by atoms with E-state index in [0.29, 0.717) is 12.8 Å². The van der Waals surface area contributed by atoms with Gasteiger partial charge in [0.05, 0.1) is 20.8 Å². The van der Waals surface area contributed by atoms with E-state index in [9.17, 15) is 27.1 Å². The van der Waals surface area contributed by atoms with Crippen molar-refractivity contribution in [2.45, 2.75) is 55.3 Å². The highest BCUT2D eigenvalue weighted by Crippen LogP contribution is 2.51. The molecule has 5 nitrogen and oxygen atoms in total. The molecule has 4 rings (SSSR count). The van der Waals surface area contributed by atoms with Gasteiger partial charge in [-0.05, 0) is 81.2 Å². The number of rotatable bonds is 4. The number of carbonyl (C=O) groups excluding carboxylic acids is 1. The van der Waals surface area contributed by atoms with Crippen molar-refractivity contribution in [3.05, 3.63) is 58.1 Å². The van der Waals surface area contributed by atoms with E-state index >= 15 is 0 Å². The number of fused-ring (bicyclic) bond motifs is 2. The van der Waals surface area contributed by atoms with Crippen LogP contribution in [0.5, 0.6) is 0 Å². The minimum Gasteiger partial charge on any atom is -0.390 e. The molecule has 32 heavy (non-hydrogen) atoms. The Morgan fingerprint density at radius 3 is 2.38 bits per heavy atom. The summed E-state index contributed by atoms with van der Waals surface area (Å²) in [6.07, 6.45) is 2.25. The number of sulfone groups is 1. The summed E-state index contributed by atoms with van der Waals surface area (Å²) in [5.41, 5.74) is -0.749. The lowest BCUT2D eigenvalue weighted by Crippen LogP contribution is -2.45. The topological polar surface area (TPSA) is 83.5 Å². The van der Waals surface area contributed by atoms with Gasteiger partial charge in [0.15, 0.2) is 21.5 Å². The largest absolute Gasteiger partial charge is 0.390 e. The van der Waals surface area contributed by atoms with E-state index in [1.54, 1.807) is 6.92 Å². The van der Waals surface area contributed by atoms with Crippen molar-refractivity contribution >= 4 is 33.0 Å². The number of benzene rings is 2. The van der Waals surface area contributed by atoms with Gasteiger partial charge in [0.1, 0.15) is 0 Å². The maximum Gasteiger partial charge on any atom is 0.255 e. The van der Waals surface area contributed by atoms with Crippen LogP contribution in [0.15, 0.2) is 35.2 Å². The Morgan fingerprint density at radius 2 is 1.78 bits per heavy atom. The molecule has 2 aliphatic rings. The number of aliphatic hydroxyl groups is 1. The minimum atomic E-state index is -3.85. The van der Waals surface area contributed by atoms with Gasteiger partial charge >= 0.3 is 0 Å². The Balaban J connectivity index is 1.61. The van der Waals surface area contributed by atoms with Crippen LogP contribution in [0.25, 0.3) is 0 Å². The summed E-state index contributed by atoms with van der Waals surface area (Å²) in [6, 6.07) is 6.08. The summed E-state index contributed by atoms with van der Waals surface area (Å²) >= 11 is 6.22. The number of anilines is 1. The lowest BCUT2D eigenvalue weighted by molar-refractivity contribution is -0.0413. The molecular formula is C23H24ClF2NO4S. The first kappa shape index (κ1) is 23.1. The first-order valence-electron chi connectivity index (χ1n) is 10.4. The third-order valence-electron chi connectivity index (χ3n) is 7.02. The van der Waals surface area contributed by atoms with Crippen LogP contribution in [0.4, 0.5) is 14.5 Å². The lowest BCUT2D eigenvalue weighted by Gasteiger charge is -2.40. The molecule has 2 aliphatic carbocycles. The third kappa shape index (κ3) is 3.93. The SMILES string of the molecule is Cc1cc(NC(=O)c2ccc(Cl)c(S(=O)(=O)C3CC4CC[C@@H](C3)C4(C)O)c2)cc(F)c1F. The molecule has 0 aromatic heterocycles. The zero-order chi connectivity index (χ0) is 23.4. The van der Waals surface area contributed by atoms with Crippen LogP contribution in [0.3, 0.4) is 0 Å². The zero-order valence-corrected chi connectivity index (χ0v) is 19.2. The predicted molar refractivity (Wildman–Crippen MR) is 118 cm³/mol. The highest BCUT2D eigenvalue weighted by atomic mass is 35.5. The van der Waals surface area contributed by atoms with Gasteiger partial charge in [0.25, 0.3) is 5.91 Å². The fourth-order valence-corrected chi connectivity index (χ4v) is 7.46. The number of hydrogen-bond donors (Lipinski definition) is 2. The van der Waals surface area contributed by atoms with E-state index in [2.05, 4.69) is 5.32 Å². The molecule has 9 heteroatoms. The van der Waals surface area contributed by atoms with Gasteiger partial charge in [-0.25, -0.2) is 17.2 Å². The van der Waals surface area contributed by atoms with Crippen molar-refractivity contribution in [3.63, 3.8) is 0 Å². The van der Waals surface area contributed by atoms with Crippen molar-refractivity contribution < 1.29 is 27.1 Å². The van der Waals surface area contributed by atoms with Gasteiger partial charge in [-0.2, -0.15) is 0 Å². The number of halogens is 3. The average Bonchev–Trinajstić information content (AvgIpc) is 2.88. The molecule has 0 aliphatic heterocycles. The summed E-state index contributed by atoms with van der Waals surface area (Å²) in [6.45, 7) is 3.14. The fraction of sp³-hybridized carbons (Fsp3) is 0.435. The van der Waals surface area contributed by atoms with Crippen molar-refractivity contribution in [3.8, 4) is 0 Å².